The van der Waals surface area contributed by atoms with Crippen LogP contribution in [0.15, 0.2) is 0 Å². The van der Waals surface area contributed by atoms with Crippen LogP contribution < -0.4 is 0 Å². The molecular weight excluding hydrogens is 1510 g/mol. The van der Waals surface area contributed by atoms with Gasteiger partial charge in [-0.2, -0.15) is 0 Å². The molecule has 4 unspecified atom stereocenters. The predicted molar refractivity (Wildman–Crippen MR) is 495 cm³/mol. The zero-order valence-electron chi connectivity index (χ0n) is 75.6. The summed E-state index contributed by atoms with van der Waals surface area (Å²) in [5.41, 5.74) is 0.954. The van der Waals surface area contributed by atoms with Gasteiger partial charge in [0, 0.05) is 161 Å². The van der Waals surface area contributed by atoms with Crippen LogP contribution in [0.3, 0.4) is 0 Å². The van der Waals surface area contributed by atoms with E-state index in [-0.39, 0.29) is 57.2 Å². The van der Waals surface area contributed by atoms with E-state index in [4.69, 9.17) is 52.1 Å². The Balaban J connectivity index is -0.00000113. The van der Waals surface area contributed by atoms with Crippen molar-refractivity contribution in [3.63, 3.8) is 0 Å². The van der Waals surface area contributed by atoms with Crippen LogP contribution in [0.5, 0.6) is 0 Å². The standard InChI is InChI=1S/C11H22OSi.C10H20O2Si.C10H22OSi.C9H20OSi.2C8H18O2Si.C8H20OSi.C7H18OSi.C6H14O2Si.C5H12O2Si/c1-11(12-5-2-6-13)8-9-3-4-10(11)7-9;11-10(12-7-4-8-13)9-5-2-1-3-6-9;1-10(11-8-5-9-12)6-3-2-4-7-10;1-9(5-2-3-6-9)10-7-4-8-11;1-8(6-10-7-8)5-9-3-2-4-11;1-8(2,3)7(9)10-5-4-6-11;1-4-8(2,3)9-6-5-7-10;1-7(2,3)8-5-4-6-9;9-3-1-2-7-4-6-5-8-6;1-5(6)7-3-2-4-8/h9-10H,2-8H2,1,13H3;9H,1-8H2,13H3;2-9H2,1,12H3;2-8H2,1,11H3;2-7H2,1,11H3;4-6H2,1-3,11H3;4-7H2,1-3,10H3;4-6H2,1-3,9H3;6H,1-5H2,9H3;2-4H2,1,8H3. The molecule has 107 heavy (non-hydrogen) atoms. The maximum atomic E-state index is 11.5. The number of ether oxygens (including phenoxy) is 12. The molecule has 0 N–H and O–H groups in total. The molecule has 7 rings (SSSR count). The molecule has 2 bridgehead atoms. The first-order valence-electron chi connectivity index (χ1n) is 44.8. The topological polar surface area (TPSA) is 165 Å². The first kappa shape index (κ1) is 111. The van der Waals surface area contributed by atoms with E-state index in [9.17, 15) is 14.4 Å². The molecule has 0 aromatic heterocycles. The summed E-state index contributed by atoms with van der Waals surface area (Å²) in [7, 11) is 12.8. The lowest BCUT2D eigenvalue weighted by molar-refractivity contribution is -0.153. The summed E-state index contributed by atoms with van der Waals surface area (Å²) < 4.78 is 64.8. The lowest BCUT2D eigenvalue weighted by atomic mass is 9.86. The minimum Gasteiger partial charge on any atom is -0.466 e. The van der Waals surface area contributed by atoms with Crippen LogP contribution in [-0.4, -0.2) is 254 Å². The predicted octanol–water partition coefficient (Wildman–Crippen LogP) is 9.05. The van der Waals surface area contributed by atoms with Gasteiger partial charge in [0.1, 0.15) is 6.10 Å². The van der Waals surface area contributed by atoms with Crippen molar-refractivity contribution in [3.05, 3.63) is 0 Å². The van der Waals surface area contributed by atoms with Gasteiger partial charge in [-0.15, -0.1) is 0 Å². The first-order chi connectivity index (χ1) is 50.8. The number of esters is 3. The Morgan fingerprint density at radius 3 is 1.25 bits per heavy atom. The highest BCUT2D eigenvalue weighted by Crippen LogP contribution is 2.52. The lowest BCUT2D eigenvalue weighted by Crippen LogP contribution is -2.43. The molecule has 642 valence electrons. The van der Waals surface area contributed by atoms with Crippen LogP contribution in [0.2, 0.25) is 60.4 Å². The molecule has 4 atom stereocenters. The van der Waals surface area contributed by atoms with Gasteiger partial charge >= 0.3 is 17.9 Å². The van der Waals surface area contributed by atoms with Gasteiger partial charge in [-0.05, 0) is 223 Å². The van der Waals surface area contributed by atoms with Gasteiger partial charge in [0.05, 0.1) is 92.2 Å². The first-order valence-corrected chi connectivity index (χ1v) is 58.9. The second kappa shape index (κ2) is 70.4. The molecule has 2 heterocycles. The molecule has 7 fully saturated rings. The Labute approximate surface area is 692 Å². The third kappa shape index (κ3) is 69.1. The molecule has 15 nitrogen and oxygen atoms in total. The molecule has 7 aliphatic rings. The van der Waals surface area contributed by atoms with Crippen LogP contribution in [0.25, 0.3) is 0 Å². The van der Waals surface area contributed by atoms with Crippen molar-refractivity contribution in [3.8, 4) is 0 Å². The average Bonchev–Trinajstić information content (AvgIpc) is 1.63. The van der Waals surface area contributed by atoms with Gasteiger partial charge < -0.3 is 56.8 Å². The summed E-state index contributed by atoms with van der Waals surface area (Å²) in [4.78, 5) is 32.7. The lowest BCUT2D eigenvalue weighted by Gasteiger charge is -2.37. The Hall–Kier alpha value is 0.219. The fourth-order valence-corrected chi connectivity index (χ4v) is 15.2. The zero-order valence-corrected chi connectivity index (χ0v) is 95.6. The number of hydrogen-bond donors (Lipinski definition) is 0. The Kier molecular flexibility index (Phi) is 73.3. The number of carbonyl (C=O) groups is 3. The monoisotopic (exact) mass is 1690 g/mol. The second-order valence-corrected chi connectivity index (χ2v) is 45.2. The van der Waals surface area contributed by atoms with Crippen LogP contribution in [0.1, 0.15) is 283 Å². The van der Waals surface area contributed by atoms with E-state index in [0.717, 1.165) is 130 Å². The Bertz CT molecular complexity index is 2000. The average molecular weight is 1690 g/mol. The number of fused-ring (bicyclic) bond motifs is 2. The van der Waals surface area contributed by atoms with Crippen LogP contribution in [0, 0.1) is 28.6 Å². The minimum absolute atomic E-state index is 0.0646. The van der Waals surface area contributed by atoms with E-state index in [2.05, 4.69) is 74.0 Å². The normalized spacial score (nSPS) is 20.7. The molecule has 5 aliphatic carbocycles. The Morgan fingerprint density at radius 1 is 0.458 bits per heavy atom. The van der Waals surface area contributed by atoms with E-state index in [0.29, 0.717) is 31.3 Å². The van der Waals surface area contributed by atoms with E-state index < -0.39 is 0 Å². The van der Waals surface area contributed by atoms with Gasteiger partial charge in [-0.25, -0.2) is 0 Å². The van der Waals surface area contributed by atoms with Gasteiger partial charge in [0.15, 0.2) is 0 Å². The summed E-state index contributed by atoms with van der Waals surface area (Å²) in [6, 6.07) is 13.2. The number of epoxide rings is 1. The summed E-state index contributed by atoms with van der Waals surface area (Å²) in [5.74, 6) is 1.93. The van der Waals surface area contributed by atoms with Crippen molar-refractivity contribution in [2.75, 3.05) is 99.1 Å². The van der Waals surface area contributed by atoms with Crippen molar-refractivity contribution in [1.82, 2.24) is 0 Å². The van der Waals surface area contributed by atoms with Crippen LogP contribution in [0.4, 0.5) is 0 Å². The summed E-state index contributed by atoms with van der Waals surface area (Å²) >= 11 is 0. The molecule has 25 heteroatoms. The van der Waals surface area contributed by atoms with Crippen LogP contribution in [-0.2, 0) is 71.2 Å². The van der Waals surface area contributed by atoms with Crippen molar-refractivity contribution < 1.29 is 71.2 Å². The summed E-state index contributed by atoms with van der Waals surface area (Å²) in [5, 5.41) is 0. The number of carbonyl (C=O) groups excluding carboxylic acids is 3. The van der Waals surface area contributed by atoms with Crippen LogP contribution >= 0.6 is 0 Å². The molecule has 0 amide bonds. The third-order valence-electron chi connectivity index (χ3n) is 20.5. The molecule has 0 spiro atoms. The van der Waals surface area contributed by atoms with Crippen molar-refractivity contribution in [2.24, 2.45) is 28.6 Å². The molecule has 2 aliphatic heterocycles. The zero-order chi connectivity index (χ0) is 81.2. The van der Waals surface area contributed by atoms with Gasteiger partial charge in [0.25, 0.3) is 0 Å². The van der Waals surface area contributed by atoms with E-state index in [1.165, 1.54) is 317 Å². The molecular formula is C82H184O15Si10. The number of rotatable bonds is 40. The fraction of sp³-hybridized carbons (Fsp3) is 0.963. The SMILES string of the molecule is CC(=O)OCCC[SiH3].CC(C)(C)C(=O)OCCC[SiH3].CC(C)(C)OCCC[SiH3].CC1(COCCC[SiH3])COC1.CC1(OCCC[SiH3])CC2CCC1C2.CC1(OCCC[SiH3])CCCC1.CC1(OCCC[SiH3])CCCCC1.CCC(C)(C)OCCC[SiH3].O=C(OCCC[SiH3])C1CCCCC1.[SiH3]CCCOCC1CO1. The highest BCUT2D eigenvalue weighted by atomic mass is 28.2. The van der Waals surface area contributed by atoms with Crippen molar-refractivity contribution in [2.45, 2.75) is 378 Å². The second-order valence-electron chi connectivity index (χ2n) is 35.2. The molecule has 0 radical (unpaired) electrons. The van der Waals surface area contributed by atoms with Gasteiger partial charge in [-0.1, -0.05) is 126 Å². The Morgan fingerprint density at radius 2 is 0.860 bits per heavy atom. The van der Waals surface area contributed by atoms with E-state index >= 15 is 0 Å². The summed E-state index contributed by atoms with van der Waals surface area (Å²) in [6.45, 7) is 42.0. The molecule has 0 aromatic carbocycles. The largest absolute Gasteiger partial charge is 0.466 e. The third-order valence-corrected chi connectivity index (χ3v) is 27.6. The molecule has 0 aromatic rings. The molecule has 5 saturated carbocycles. The van der Waals surface area contributed by atoms with E-state index in [1.54, 1.807) is 0 Å². The van der Waals surface area contributed by atoms with E-state index in [1.807, 2.05) is 20.8 Å². The maximum Gasteiger partial charge on any atom is 0.311 e. The van der Waals surface area contributed by atoms with Gasteiger partial charge in [0.2, 0.25) is 0 Å². The highest BCUT2D eigenvalue weighted by Gasteiger charge is 2.48. The minimum atomic E-state index is -0.342. The van der Waals surface area contributed by atoms with Crippen molar-refractivity contribution in [1.29, 1.82) is 0 Å². The highest BCUT2D eigenvalue weighted by molar-refractivity contribution is 6.10. The van der Waals surface area contributed by atoms with Crippen molar-refractivity contribution >= 4 is 120 Å². The maximum absolute atomic E-state index is 11.5. The van der Waals surface area contributed by atoms with Gasteiger partial charge in [-0.3, -0.25) is 14.4 Å². The quantitative estimate of drug-likeness (QED) is 0.0187. The molecule has 2 saturated heterocycles. The number of hydrogen-bond acceptors (Lipinski definition) is 15. The summed E-state index contributed by atoms with van der Waals surface area (Å²) in [6.07, 6.45) is 37.1. The fourth-order valence-electron chi connectivity index (χ4n) is 12.3. The smallest absolute Gasteiger partial charge is 0.311 e.